The van der Waals surface area contributed by atoms with Crippen molar-refractivity contribution in [1.29, 1.82) is 0 Å². The normalized spacial score (nSPS) is 16.1. The molecule has 1 aliphatic rings. The van der Waals surface area contributed by atoms with Crippen molar-refractivity contribution in [3.05, 3.63) is 41.7 Å². The third kappa shape index (κ3) is 5.90. The molecule has 0 aliphatic carbocycles. The zero-order chi connectivity index (χ0) is 20.0. The molecule has 28 heavy (non-hydrogen) atoms. The molecule has 1 aromatic heterocycles. The quantitative estimate of drug-likeness (QED) is 0.608. The molecule has 1 fully saturated rings. The molecule has 0 saturated carbocycles. The fourth-order valence-electron chi connectivity index (χ4n) is 3.08. The molecule has 1 aromatic carbocycles. The van der Waals surface area contributed by atoms with Crippen LogP contribution in [0.3, 0.4) is 0 Å². The van der Waals surface area contributed by atoms with E-state index in [0.29, 0.717) is 17.1 Å². The van der Waals surface area contributed by atoms with Gasteiger partial charge in [0.2, 0.25) is 0 Å². The SMILES string of the molecule is COP(=O)(CN1CCC(Nc2cc(Nc3cccc(Cl)c3)ncn2)CC1)OC. The monoisotopic (exact) mass is 425 g/mol. The molecule has 0 bridgehead atoms. The molecule has 0 atom stereocenters. The molecule has 0 radical (unpaired) electrons. The lowest BCUT2D eigenvalue weighted by molar-refractivity contribution is 0.208. The van der Waals surface area contributed by atoms with Crippen LogP contribution in [0.1, 0.15) is 12.8 Å². The van der Waals surface area contributed by atoms with Crippen molar-refractivity contribution in [2.45, 2.75) is 18.9 Å². The summed E-state index contributed by atoms with van der Waals surface area (Å²) < 4.78 is 22.3. The number of aromatic nitrogens is 2. The summed E-state index contributed by atoms with van der Waals surface area (Å²) in [4.78, 5) is 10.7. The first-order valence-corrected chi connectivity index (χ1v) is 11.1. The molecular formula is C18H25ClN5O3P. The Morgan fingerprint density at radius 3 is 2.57 bits per heavy atom. The van der Waals surface area contributed by atoms with Gasteiger partial charge < -0.3 is 19.7 Å². The van der Waals surface area contributed by atoms with Gasteiger partial charge >= 0.3 is 7.60 Å². The number of hydrogen-bond donors (Lipinski definition) is 2. The molecule has 10 heteroatoms. The Bertz CT molecular complexity index is 824. The molecule has 3 rings (SSSR count). The lowest BCUT2D eigenvalue weighted by Crippen LogP contribution is -2.39. The van der Waals surface area contributed by atoms with Crippen molar-refractivity contribution in [2.75, 3.05) is 44.2 Å². The maximum absolute atomic E-state index is 12.3. The van der Waals surface area contributed by atoms with Gasteiger partial charge in [-0.1, -0.05) is 17.7 Å². The number of anilines is 3. The van der Waals surface area contributed by atoms with Crippen LogP contribution < -0.4 is 10.6 Å². The van der Waals surface area contributed by atoms with Gasteiger partial charge in [-0.25, -0.2) is 9.97 Å². The number of benzene rings is 1. The number of nitrogens with zero attached hydrogens (tertiary/aromatic N) is 3. The number of halogens is 1. The number of rotatable bonds is 8. The van der Waals surface area contributed by atoms with Crippen LogP contribution in [0.15, 0.2) is 36.7 Å². The van der Waals surface area contributed by atoms with Gasteiger partial charge in [0.05, 0.1) is 0 Å². The lowest BCUT2D eigenvalue weighted by Gasteiger charge is -2.33. The van der Waals surface area contributed by atoms with Crippen LogP contribution in [-0.2, 0) is 13.6 Å². The minimum Gasteiger partial charge on any atom is -0.367 e. The minimum atomic E-state index is -3.01. The summed E-state index contributed by atoms with van der Waals surface area (Å²) in [5, 5.41) is 7.34. The molecule has 2 N–H and O–H groups in total. The number of likely N-dealkylation sites (tertiary alicyclic amines) is 1. The molecule has 0 spiro atoms. The fraction of sp³-hybridized carbons (Fsp3) is 0.444. The highest BCUT2D eigenvalue weighted by Crippen LogP contribution is 2.47. The van der Waals surface area contributed by atoms with E-state index in [2.05, 4.69) is 25.5 Å². The summed E-state index contributed by atoms with van der Waals surface area (Å²) in [5.74, 6) is 1.45. The standard InChI is InChI=1S/C18H25ClN5O3P/c1-26-28(25,27-2)13-24-8-6-15(7-9-24)22-17-11-18(21-12-20-17)23-16-5-3-4-14(19)10-16/h3-5,10-12,15H,6-9,13H2,1-2H3,(H2,20,21,22,23). The third-order valence-electron chi connectivity index (χ3n) is 4.63. The lowest BCUT2D eigenvalue weighted by atomic mass is 10.1. The van der Waals surface area contributed by atoms with E-state index in [1.54, 1.807) is 0 Å². The summed E-state index contributed by atoms with van der Waals surface area (Å²) in [6.45, 7) is 1.63. The van der Waals surface area contributed by atoms with Gasteiger partial charge in [-0.15, -0.1) is 0 Å². The minimum absolute atomic E-state index is 0.287. The van der Waals surface area contributed by atoms with Crippen molar-refractivity contribution in [2.24, 2.45) is 0 Å². The number of hydrogen-bond acceptors (Lipinski definition) is 8. The summed E-state index contributed by atoms with van der Waals surface area (Å²) in [5.41, 5.74) is 0.867. The van der Waals surface area contributed by atoms with E-state index in [-0.39, 0.29) is 6.04 Å². The first-order valence-electron chi connectivity index (χ1n) is 9.04. The Morgan fingerprint density at radius 1 is 1.18 bits per heavy atom. The average Bonchev–Trinajstić information content (AvgIpc) is 2.70. The van der Waals surface area contributed by atoms with E-state index in [1.807, 2.05) is 30.3 Å². The second kappa shape index (κ2) is 9.67. The van der Waals surface area contributed by atoms with Crippen LogP contribution in [-0.4, -0.2) is 54.5 Å². The van der Waals surface area contributed by atoms with E-state index in [9.17, 15) is 4.57 Å². The first-order chi connectivity index (χ1) is 13.5. The molecule has 8 nitrogen and oxygen atoms in total. The second-order valence-corrected chi connectivity index (χ2v) is 9.25. The van der Waals surface area contributed by atoms with Crippen molar-refractivity contribution in [1.82, 2.24) is 14.9 Å². The Kier molecular flexibility index (Phi) is 7.26. The average molecular weight is 426 g/mol. The van der Waals surface area contributed by atoms with Crippen molar-refractivity contribution in [3.63, 3.8) is 0 Å². The largest absolute Gasteiger partial charge is 0.367 e. The number of nitrogens with one attached hydrogen (secondary N) is 2. The van der Waals surface area contributed by atoms with Crippen molar-refractivity contribution >= 4 is 36.5 Å². The van der Waals surface area contributed by atoms with E-state index in [4.69, 9.17) is 20.6 Å². The molecule has 1 aliphatic heterocycles. The van der Waals surface area contributed by atoms with Crippen LogP contribution >= 0.6 is 19.2 Å². The molecule has 0 amide bonds. The second-order valence-electron chi connectivity index (χ2n) is 6.58. The number of piperidine rings is 1. The van der Waals surface area contributed by atoms with Crippen molar-refractivity contribution < 1.29 is 13.6 Å². The first kappa shape index (κ1) is 21.0. The van der Waals surface area contributed by atoms with Crippen LogP contribution in [0, 0.1) is 0 Å². The van der Waals surface area contributed by atoms with Crippen LogP contribution in [0.2, 0.25) is 5.02 Å². The van der Waals surface area contributed by atoms with Gasteiger partial charge in [0.15, 0.2) is 0 Å². The maximum atomic E-state index is 12.3. The summed E-state index contributed by atoms with van der Waals surface area (Å²) in [6, 6.07) is 9.63. The highest BCUT2D eigenvalue weighted by Gasteiger charge is 2.28. The highest BCUT2D eigenvalue weighted by molar-refractivity contribution is 7.53. The zero-order valence-corrected chi connectivity index (χ0v) is 17.6. The Balaban J connectivity index is 1.53. The van der Waals surface area contributed by atoms with E-state index in [1.165, 1.54) is 20.5 Å². The molecule has 2 aromatic rings. The van der Waals surface area contributed by atoms with Gasteiger partial charge in [0.1, 0.15) is 24.2 Å². The molecule has 0 unspecified atom stereocenters. The zero-order valence-electron chi connectivity index (χ0n) is 16.0. The van der Waals surface area contributed by atoms with E-state index >= 15 is 0 Å². The molecule has 2 heterocycles. The fourth-order valence-corrected chi connectivity index (χ4v) is 4.42. The van der Waals surface area contributed by atoms with Gasteiger partial charge in [-0.3, -0.25) is 9.46 Å². The Hall–Kier alpha value is -1.70. The summed E-state index contributed by atoms with van der Waals surface area (Å²) >= 11 is 6.02. The smallest absolute Gasteiger partial charge is 0.344 e. The van der Waals surface area contributed by atoms with Gasteiger partial charge in [-0.05, 0) is 31.0 Å². The topological polar surface area (TPSA) is 88.6 Å². The van der Waals surface area contributed by atoms with Gasteiger partial charge in [0, 0.05) is 50.1 Å². The Labute approximate surface area is 170 Å². The van der Waals surface area contributed by atoms with E-state index in [0.717, 1.165) is 37.4 Å². The molecule has 152 valence electrons. The predicted molar refractivity (Wildman–Crippen MR) is 111 cm³/mol. The van der Waals surface area contributed by atoms with Crippen LogP contribution in [0.5, 0.6) is 0 Å². The van der Waals surface area contributed by atoms with E-state index < -0.39 is 7.60 Å². The Morgan fingerprint density at radius 2 is 1.89 bits per heavy atom. The van der Waals surface area contributed by atoms with Crippen LogP contribution in [0.4, 0.5) is 17.3 Å². The van der Waals surface area contributed by atoms with Gasteiger partial charge in [0.25, 0.3) is 0 Å². The summed E-state index contributed by atoms with van der Waals surface area (Å²) in [6.07, 6.45) is 3.66. The summed E-state index contributed by atoms with van der Waals surface area (Å²) in [7, 11) is -0.174. The van der Waals surface area contributed by atoms with Crippen molar-refractivity contribution in [3.8, 4) is 0 Å². The molecule has 1 saturated heterocycles. The highest BCUT2D eigenvalue weighted by atomic mass is 35.5. The van der Waals surface area contributed by atoms with Crippen LogP contribution in [0.25, 0.3) is 0 Å². The maximum Gasteiger partial charge on any atom is 0.344 e. The molecular weight excluding hydrogens is 401 g/mol. The van der Waals surface area contributed by atoms with Gasteiger partial charge in [-0.2, -0.15) is 0 Å². The third-order valence-corrected chi connectivity index (χ3v) is 6.73. The predicted octanol–water partition coefficient (Wildman–Crippen LogP) is 4.19.